The lowest BCUT2D eigenvalue weighted by Crippen LogP contribution is -2.45. The third kappa shape index (κ3) is 3.09. The number of amides is 1. The van der Waals surface area contributed by atoms with Gasteiger partial charge >= 0.3 is 0 Å². The predicted octanol–water partition coefficient (Wildman–Crippen LogP) is 1.98. The molecule has 1 aliphatic heterocycles. The second-order valence-corrected chi connectivity index (χ2v) is 6.13. The van der Waals surface area contributed by atoms with E-state index < -0.39 is 0 Å². The van der Waals surface area contributed by atoms with Gasteiger partial charge in [0.25, 0.3) is 0 Å². The van der Waals surface area contributed by atoms with Crippen LogP contribution in [0, 0.1) is 5.82 Å². The summed E-state index contributed by atoms with van der Waals surface area (Å²) in [5, 5.41) is 3.21. The van der Waals surface area contributed by atoms with E-state index in [-0.39, 0.29) is 17.8 Å². The first-order valence-electron chi connectivity index (χ1n) is 6.60. The van der Waals surface area contributed by atoms with Gasteiger partial charge in [0.15, 0.2) is 0 Å². The first kappa shape index (κ1) is 12.9. The Kier molecular flexibility index (Phi) is 3.75. The lowest BCUT2D eigenvalue weighted by molar-refractivity contribution is -0.133. The number of halogens is 1. The van der Waals surface area contributed by atoms with Gasteiger partial charge in [-0.1, -0.05) is 12.1 Å². The molecule has 3 rings (SSSR count). The number of hydrogen-bond donors (Lipinski definition) is 1. The van der Waals surface area contributed by atoms with E-state index in [0.29, 0.717) is 12.6 Å². The summed E-state index contributed by atoms with van der Waals surface area (Å²) in [5.41, 5.74) is 0.867. The third-order valence-corrected chi connectivity index (χ3v) is 4.47. The van der Waals surface area contributed by atoms with Gasteiger partial charge < -0.3 is 4.90 Å². The van der Waals surface area contributed by atoms with Crippen LogP contribution in [0.3, 0.4) is 0 Å². The maximum Gasteiger partial charge on any atom is 0.241 e. The Morgan fingerprint density at radius 3 is 2.95 bits per heavy atom. The van der Waals surface area contributed by atoms with Gasteiger partial charge in [0, 0.05) is 24.2 Å². The van der Waals surface area contributed by atoms with Crippen molar-refractivity contribution in [3.05, 3.63) is 35.6 Å². The van der Waals surface area contributed by atoms with Gasteiger partial charge in [0.2, 0.25) is 5.91 Å². The standard InChI is InChI=1S/C14H17FN2OS/c15-11-3-1-2-10(6-11)7-17(12-4-5-12)14(18)13-8-19-9-16-13/h1-3,6,12-13,16H,4-5,7-9H2. The fourth-order valence-electron chi connectivity index (χ4n) is 2.36. The molecule has 102 valence electrons. The van der Waals surface area contributed by atoms with E-state index >= 15 is 0 Å². The van der Waals surface area contributed by atoms with Gasteiger partial charge in [-0.15, -0.1) is 11.8 Å². The number of carbonyl (C=O) groups is 1. The van der Waals surface area contributed by atoms with E-state index in [9.17, 15) is 9.18 Å². The molecule has 2 fully saturated rings. The van der Waals surface area contributed by atoms with Gasteiger partial charge in [-0.2, -0.15) is 0 Å². The van der Waals surface area contributed by atoms with Crippen LogP contribution in [0.15, 0.2) is 24.3 Å². The predicted molar refractivity (Wildman–Crippen MR) is 74.2 cm³/mol. The smallest absolute Gasteiger partial charge is 0.241 e. The van der Waals surface area contributed by atoms with Gasteiger partial charge in [-0.05, 0) is 30.5 Å². The Balaban J connectivity index is 1.72. The first-order valence-corrected chi connectivity index (χ1v) is 7.75. The maximum absolute atomic E-state index is 13.2. The molecule has 1 amide bonds. The molecular formula is C14H17FN2OS. The molecule has 1 heterocycles. The average Bonchev–Trinajstić information content (AvgIpc) is 3.09. The number of nitrogens with one attached hydrogen (secondary N) is 1. The minimum absolute atomic E-state index is 0.0702. The van der Waals surface area contributed by atoms with Crippen LogP contribution in [0.5, 0.6) is 0 Å². The molecule has 1 aromatic carbocycles. The van der Waals surface area contributed by atoms with Crippen LogP contribution in [0.2, 0.25) is 0 Å². The topological polar surface area (TPSA) is 32.3 Å². The lowest BCUT2D eigenvalue weighted by atomic mass is 10.2. The van der Waals surface area contributed by atoms with Gasteiger partial charge in [-0.25, -0.2) is 4.39 Å². The highest BCUT2D eigenvalue weighted by Crippen LogP contribution is 2.30. The Labute approximate surface area is 116 Å². The van der Waals surface area contributed by atoms with E-state index in [0.717, 1.165) is 30.0 Å². The molecular weight excluding hydrogens is 263 g/mol. The Bertz CT molecular complexity index is 472. The zero-order chi connectivity index (χ0) is 13.2. The molecule has 0 bridgehead atoms. The summed E-state index contributed by atoms with van der Waals surface area (Å²) >= 11 is 1.75. The fourth-order valence-corrected chi connectivity index (χ4v) is 3.29. The number of thioether (sulfide) groups is 1. The van der Waals surface area contributed by atoms with Crippen molar-refractivity contribution >= 4 is 17.7 Å². The second-order valence-electron chi connectivity index (χ2n) is 5.10. The summed E-state index contributed by atoms with van der Waals surface area (Å²) in [6, 6.07) is 6.80. The van der Waals surface area contributed by atoms with Crippen molar-refractivity contribution in [3.63, 3.8) is 0 Å². The normalized spacial score (nSPS) is 22.5. The summed E-state index contributed by atoms with van der Waals surface area (Å²) in [6.07, 6.45) is 2.14. The van der Waals surface area contributed by atoms with Crippen LogP contribution in [0.1, 0.15) is 18.4 Å². The second kappa shape index (κ2) is 5.51. The van der Waals surface area contributed by atoms with Gasteiger partial charge in [-0.3, -0.25) is 10.1 Å². The number of carbonyl (C=O) groups excluding carboxylic acids is 1. The first-order chi connectivity index (χ1) is 9.24. The number of nitrogens with zero attached hydrogens (tertiary/aromatic N) is 1. The molecule has 0 radical (unpaired) electrons. The molecule has 5 heteroatoms. The van der Waals surface area contributed by atoms with E-state index in [1.165, 1.54) is 12.1 Å². The van der Waals surface area contributed by atoms with Crippen LogP contribution in [0.25, 0.3) is 0 Å². The monoisotopic (exact) mass is 280 g/mol. The zero-order valence-corrected chi connectivity index (χ0v) is 11.5. The minimum Gasteiger partial charge on any atom is -0.334 e. The molecule has 1 atom stereocenters. The Morgan fingerprint density at radius 2 is 2.32 bits per heavy atom. The van der Waals surface area contributed by atoms with Crippen molar-refractivity contribution in [3.8, 4) is 0 Å². The summed E-state index contributed by atoms with van der Waals surface area (Å²) in [4.78, 5) is 14.4. The molecule has 2 aliphatic rings. The van der Waals surface area contributed by atoms with Crippen LogP contribution in [-0.4, -0.2) is 34.5 Å². The van der Waals surface area contributed by atoms with Crippen molar-refractivity contribution < 1.29 is 9.18 Å². The molecule has 1 unspecified atom stereocenters. The van der Waals surface area contributed by atoms with Crippen molar-refractivity contribution in [2.24, 2.45) is 0 Å². The van der Waals surface area contributed by atoms with E-state index in [4.69, 9.17) is 0 Å². The average molecular weight is 280 g/mol. The Hall–Kier alpha value is -1.07. The SMILES string of the molecule is O=C(C1CSCN1)N(Cc1cccc(F)c1)C1CC1. The number of rotatable bonds is 4. The molecule has 1 N–H and O–H groups in total. The molecule has 1 aromatic rings. The van der Waals surface area contributed by atoms with Crippen LogP contribution in [-0.2, 0) is 11.3 Å². The minimum atomic E-state index is -0.241. The highest BCUT2D eigenvalue weighted by atomic mass is 32.2. The number of hydrogen-bond acceptors (Lipinski definition) is 3. The molecule has 0 spiro atoms. The quantitative estimate of drug-likeness (QED) is 0.915. The van der Waals surface area contributed by atoms with Crippen molar-refractivity contribution in [2.75, 3.05) is 11.6 Å². The van der Waals surface area contributed by atoms with Crippen molar-refractivity contribution in [1.82, 2.24) is 10.2 Å². The van der Waals surface area contributed by atoms with Crippen LogP contribution >= 0.6 is 11.8 Å². The summed E-state index contributed by atoms with van der Waals surface area (Å²) < 4.78 is 13.2. The van der Waals surface area contributed by atoms with E-state index in [1.54, 1.807) is 17.8 Å². The van der Waals surface area contributed by atoms with Gasteiger partial charge in [0.1, 0.15) is 5.82 Å². The zero-order valence-electron chi connectivity index (χ0n) is 10.6. The molecule has 0 aromatic heterocycles. The van der Waals surface area contributed by atoms with Crippen LogP contribution < -0.4 is 5.32 Å². The molecule has 1 saturated carbocycles. The maximum atomic E-state index is 13.2. The van der Waals surface area contributed by atoms with E-state index in [2.05, 4.69) is 5.32 Å². The van der Waals surface area contributed by atoms with Crippen molar-refractivity contribution in [1.29, 1.82) is 0 Å². The third-order valence-electron chi connectivity index (χ3n) is 3.53. The van der Waals surface area contributed by atoms with Crippen molar-refractivity contribution in [2.45, 2.75) is 31.5 Å². The summed E-state index contributed by atoms with van der Waals surface area (Å²) in [7, 11) is 0. The molecule has 19 heavy (non-hydrogen) atoms. The highest BCUT2D eigenvalue weighted by Gasteiger charge is 2.36. The fraction of sp³-hybridized carbons (Fsp3) is 0.500. The largest absolute Gasteiger partial charge is 0.334 e. The molecule has 1 saturated heterocycles. The Morgan fingerprint density at radius 1 is 1.47 bits per heavy atom. The molecule has 3 nitrogen and oxygen atoms in total. The van der Waals surface area contributed by atoms with Crippen LogP contribution in [0.4, 0.5) is 4.39 Å². The summed E-state index contributed by atoms with van der Waals surface area (Å²) in [6.45, 7) is 0.518. The molecule has 1 aliphatic carbocycles. The van der Waals surface area contributed by atoms with E-state index in [1.807, 2.05) is 11.0 Å². The van der Waals surface area contributed by atoms with Gasteiger partial charge in [0.05, 0.1) is 6.04 Å². The summed E-state index contributed by atoms with van der Waals surface area (Å²) in [5.74, 6) is 1.60. The highest BCUT2D eigenvalue weighted by molar-refractivity contribution is 7.99. The lowest BCUT2D eigenvalue weighted by Gasteiger charge is -2.25. The number of benzene rings is 1.